The molecule has 6 aliphatic rings. The van der Waals surface area contributed by atoms with E-state index in [2.05, 4.69) is 40.7 Å². The van der Waals surface area contributed by atoms with Gasteiger partial charge in [0, 0.05) is 39.6 Å². The van der Waals surface area contributed by atoms with E-state index in [9.17, 15) is 0 Å². The van der Waals surface area contributed by atoms with Gasteiger partial charge in [-0.1, -0.05) is 60.7 Å². The molecule has 0 saturated carbocycles. The molecule has 2 aliphatic carbocycles. The Kier molecular flexibility index (Phi) is 6.14. The number of allylic oxidation sites excluding steroid dienone is 6. The molecule has 0 saturated heterocycles. The number of nitrogens with zero attached hydrogens (tertiary/aromatic N) is 6. The minimum Gasteiger partial charge on any atom is -0.436 e. The van der Waals surface area contributed by atoms with Crippen molar-refractivity contribution < 1.29 is 8.83 Å². The maximum atomic E-state index is 6.29. The van der Waals surface area contributed by atoms with Gasteiger partial charge in [-0.15, -0.1) is 0 Å². The van der Waals surface area contributed by atoms with Crippen molar-refractivity contribution in [1.82, 2.24) is 20.3 Å². The first-order chi connectivity index (χ1) is 25.7. The Hall–Kier alpha value is -7.20. The SMILES string of the molecule is C1=CC2=C3N=c4ccc5nc(oc5c4)=C4C=CC(=CC4)N=c4[nH]c(c5ccccc45)=Nc4ccc(cc4)-c4nc5ccc(cc5o4)N=C(N3)C2C=C1. The number of rotatable bonds is 0. The molecule has 10 nitrogen and oxygen atoms in total. The van der Waals surface area contributed by atoms with Crippen molar-refractivity contribution in [3.05, 3.63) is 166 Å². The quantitative estimate of drug-likeness (QED) is 0.187. The van der Waals surface area contributed by atoms with Gasteiger partial charge in [-0.05, 0) is 61.0 Å². The highest BCUT2D eigenvalue weighted by Crippen LogP contribution is 2.32. The normalized spacial score (nSPS) is 17.5. The highest BCUT2D eigenvalue weighted by atomic mass is 16.3. The Morgan fingerprint density at radius 1 is 0.673 bits per heavy atom. The number of fused-ring (bicyclic) bond motifs is 4. The Balaban J connectivity index is 1.09. The topological polar surface area (TPSA) is 129 Å². The fourth-order valence-electron chi connectivity index (χ4n) is 7.00. The summed E-state index contributed by atoms with van der Waals surface area (Å²) in [6, 6.07) is 27.6. The Bertz CT molecular complexity index is 3130. The maximum absolute atomic E-state index is 6.29. The first-order valence-corrected chi connectivity index (χ1v) is 17.0. The van der Waals surface area contributed by atoms with Crippen molar-refractivity contribution in [2.45, 2.75) is 6.42 Å². The second-order valence-electron chi connectivity index (χ2n) is 12.9. The molecular formula is C42H26N8O2. The molecule has 0 fully saturated rings. The molecular weight excluding hydrogens is 649 g/mol. The first kappa shape index (κ1) is 28.6. The number of aromatic amines is 1. The number of hydrogen-bond acceptors (Lipinski definition) is 9. The van der Waals surface area contributed by atoms with E-state index < -0.39 is 0 Å². The molecule has 10 heteroatoms. The molecule has 0 amide bonds. The van der Waals surface area contributed by atoms with E-state index in [0.717, 1.165) is 83.6 Å². The molecule has 0 spiro atoms. The molecule has 2 N–H and O–H groups in total. The van der Waals surface area contributed by atoms with E-state index in [-0.39, 0.29) is 5.92 Å². The second-order valence-corrected chi connectivity index (χ2v) is 12.9. The van der Waals surface area contributed by atoms with Gasteiger partial charge in [0.25, 0.3) is 0 Å². The van der Waals surface area contributed by atoms with Gasteiger partial charge in [-0.25, -0.2) is 29.9 Å². The summed E-state index contributed by atoms with van der Waals surface area (Å²) < 4.78 is 12.5. The molecule has 1 atom stereocenters. The van der Waals surface area contributed by atoms with E-state index in [1.165, 1.54) is 0 Å². The van der Waals surface area contributed by atoms with Gasteiger partial charge >= 0.3 is 0 Å². The number of aliphatic imine (C=N–C) groups is 1. The van der Waals surface area contributed by atoms with Crippen LogP contribution < -0.4 is 27.2 Å². The van der Waals surface area contributed by atoms with E-state index in [4.69, 9.17) is 38.8 Å². The molecule has 3 aromatic heterocycles. The van der Waals surface area contributed by atoms with Crippen LogP contribution >= 0.6 is 0 Å². The fraction of sp³-hybridized carbons (Fsp3) is 0.0476. The number of hydrogen-bond donors (Lipinski definition) is 2. The number of H-pyrrole nitrogens is 1. The molecule has 13 rings (SSSR count). The van der Waals surface area contributed by atoms with Gasteiger partial charge in [-0.3, -0.25) is 0 Å². The molecule has 0 radical (unpaired) electrons. The summed E-state index contributed by atoms with van der Waals surface area (Å²) in [6.45, 7) is 0. The molecule has 7 aromatic rings. The number of amidine groups is 1. The first-order valence-electron chi connectivity index (χ1n) is 17.0. The molecule has 246 valence electrons. The Morgan fingerprint density at radius 2 is 1.48 bits per heavy atom. The highest BCUT2D eigenvalue weighted by Gasteiger charge is 2.29. The number of benzene rings is 4. The minimum atomic E-state index is -0.0556. The molecule has 14 bridgehead atoms. The van der Waals surface area contributed by atoms with Crippen LogP contribution in [0.3, 0.4) is 0 Å². The van der Waals surface area contributed by atoms with Crippen LogP contribution in [0.5, 0.6) is 0 Å². The third-order valence-electron chi connectivity index (χ3n) is 9.61. The van der Waals surface area contributed by atoms with Crippen molar-refractivity contribution in [3.8, 4) is 11.5 Å². The lowest BCUT2D eigenvalue weighted by Gasteiger charge is -2.10. The van der Waals surface area contributed by atoms with Crippen molar-refractivity contribution >= 4 is 55.8 Å². The average Bonchev–Trinajstić information content (AvgIpc) is 3.96. The zero-order valence-corrected chi connectivity index (χ0v) is 27.4. The molecule has 7 heterocycles. The summed E-state index contributed by atoms with van der Waals surface area (Å²) in [5.74, 6) is 1.99. The minimum absolute atomic E-state index is 0.0556. The van der Waals surface area contributed by atoms with Crippen LogP contribution in [0.4, 0.5) is 11.4 Å². The summed E-state index contributed by atoms with van der Waals surface area (Å²) in [5, 5.41) is 6.22. The zero-order chi connectivity index (χ0) is 34.2. The second kappa shape index (κ2) is 11.2. The van der Waals surface area contributed by atoms with Crippen LogP contribution in [-0.2, 0) is 0 Å². The average molecular weight is 675 g/mol. The van der Waals surface area contributed by atoms with Gasteiger partial charge in [-0.2, -0.15) is 0 Å². The lowest BCUT2D eigenvalue weighted by Crippen LogP contribution is -2.21. The van der Waals surface area contributed by atoms with Crippen LogP contribution in [0.25, 0.3) is 50.0 Å². The third kappa shape index (κ3) is 4.80. The van der Waals surface area contributed by atoms with Gasteiger partial charge in [0.05, 0.1) is 28.3 Å². The van der Waals surface area contributed by atoms with Crippen molar-refractivity contribution in [2.75, 3.05) is 0 Å². The standard InChI is InChI=1S/C42H26N8O2/c1-2-6-30-29(5-1)37-43-25-13-9-23(10-14-25)41-47-33-19-17-27(21-35(33)51-41)45-39-31-7-3-4-8-32(31)40(50-39)46-28-18-20-34-36(22-28)52-42(48-34)24-11-15-26(16-12-24)44-38(30)49-37/h1-11,13-22,31H,12H2,(H,45,50)(H,43,44,49). The molecule has 4 aliphatic heterocycles. The van der Waals surface area contributed by atoms with Crippen LogP contribution in [-0.4, -0.2) is 20.8 Å². The summed E-state index contributed by atoms with van der Waals surface area (Å²) in [7, 11) is 0. The molecule has 1 unspecified atom stereocenters. The summed E-state index contributed by atoms with van der Waals surface area (Å²) in [4.78, 5) is 33.0. The summed E-state index contributed by atoms with van der Waals surface area (Å²) >= 11 is 0. The van der Waals surface area contributed by atoms with Crippen LogP contribution in [0, 0.1) is 5.92 Å². The summed E-state index contributed by atoms with van der Waals surface area (Å²) in [5.41, 5.74) is 10.2. The van der Waals surface area contributed by atoms with E-state index in [1.807, 2.05) is 97.1 Å². The van der Waals surface area contributed by atoms with Crippen molar-refractivity contribution in [2.24, 2.45) is 25.9 Å². The van der Waals surface area contributed by atoms with Crippen molar-refractivity contribution in [3.63, 3.8) is 0 Å². The van der Waals surface area contributed by atoms with Crippen LogP contribution in [0.2, 0.25) is 0 Å². The highest BCUT2D eigenvalue weighted by molar-refractivity contribution is 5.97. The maximum Gasteiger partial charge on any atom is 0.227 e. The Morgan fingerprint density at radius 3 is 2.35 bits per heavy atom. The van der Waals surface area contributed by atoms with Gasteiger partial charge < -0.3 is 19.1 Å². The summed E-state index contributed by atoms with van der Waals surface area (Å²) in [6.07, 6.45) is 15.0. The predicted molar refractivity (Wildman–Crippen MR) is 199 cm³/mol. The lowest BCUT2D eigenvalue weighted by molar-refractivity contribution is 0.556. The Labute approximate surface area is 294 Å². The molecule has 52 heavy (non-hydrogen) atoms. The van der Waals surface area contributed by atoms with Gasteiger partial charge in [0.1, 0.15) is 33.7 Å². The van der Waals surface area contributed by atoms with Crippen LogP contribution in [0.15, 0.2) is 173 Å². The lowest BCUT2D eigenvalue weighted by atomic mass is 9.96. The third-order valence-corrected chi connectivity index (χ3v) is 9.61. The van der Waals surface area contributed by atoms with Gasteiger partial charge in [0.15, 0.2) is 11.2 Å². The van der Waals surface area contributed by atoms with Crippen LogP contribution in [0.1, 0.15) is 6.42 Å². The number of aromatic nitrogens is 3. The number of oxazole rings is 2. The van der Waals surface area contributed by atoms with E-state index in [0.29, 0.717) is 29.0 Å². The zero-order valence-electron chi connectivity index (χ0n) is 27.4. The fourth-order valence-corrected chi connectivity index (χ4v) is 7.00. The van der Waals surface area contributed by atoms with Gasteiger partial charge in [0.2, 0.25) is 11.4 Å². The smallest absolute Gasteiger partial charge is 0.227 e. The monoisotopic (exact) mass is 674 g/mol. The predicted octanol–water partition coefficient (Wildman–Crippen LogP) is 6.60. The largest absolute Gasteiger partial charge is 0.436 e. The number of nitrogens with one attached hydrogen (secondary N) is 2. The van der Waals surface area contributed by atoms with E-state index in [1.54, 1.807) is 0 Å². The molecule has 4 aromatic carbocycles. The van der Waals surface area contributed by atoms with E-state index >= 15 is 0 Å². The van der Waals surface area contributed by atoms with Crippen molar-refractivity contribution in [1.29, 1.82) is 0 Å².